The second-order valence-corrected chi connectivity index (χ2v) is 6.36. The van der Waals surface area contributed by atoms with Gasteiger partial charge in [-0.15, -0.1) is 0 Å². The highest BCUT2D eigenvalue weighted by Gasteiger charge is 2.14. The number of aromatic nitrogens is 1. The van der Waals surface area contributed by atoms with Crippen LogP contribution >= 0.6 is 0 Å². The molecule has 1 atom stereocenters. The fraction of sp³-hybridized carbons (Fsp3) is 0.136. The molecule has 0 aliphatic carbocycles. The monoisotopic (exact) mass is 359 g/mol. The lowest BCUT2D eigenvalue weighted by Crippen LogP contribution is -2.27. The zero-order chi connectivity index (χ0) is 19.2. The standard InChI is InChI=1S/C22H21N3O2/c1-15-8-10-19(11-9-15)25-22(27)20-14-18(12-13-23-20)21(26)24-16(2)17-6-4-3-5-7-17/h3-14,16H,1-2H3,(H,24,26)(H,25,27). The van der Waals surface area contributed by atoms with E-state index in [2.05, 4.69) is 15.6 Å². The maximum Gasteiger partial charge on any atom is 0.274 e. The minimum Gasteiger partial charge on any atom is -0.346 e. The minimum absolute atomic E-state index is 0.142. The maximum atomic E-state index is 12.5. The van der Waals surface area contributed by atoms with Crippen LogP contribution in [0.2, 0.25) is 0 Å². The van der Waals surface area contributed by atoms with Crippen molar-refractivity contribution in [2.24, 2.45) is 0 Å². The number of hydrogen-bond acceptors (Lipinski definition) is 3. The third kappa shape index (κ3) is 4.79. The maximum absolute atomic E-state index is 12.5. The molecule has 5 heteroatoms. The lowest BCUT2D eigenvalue weighted by atomic mass is 10.1. The number of aryl methyl sites for hydroxylation is 1. The molecule has 0 aliphatic rings. The van der Waals surface area contributed by atoms with Gasteiger partial charge in [-0.05, 0) is 43.7 Å². The van der Waals surface area contributed by atoms with E-state index in [0.717, 1.165) is 11.1 Å². The summed E-state index contributed by atoms with van der Waals surface area (Å²) in [4.78, 5) is 29.0. The molecule has 0 bridgehead atoms. The molecule has 0 fully saturated rings. The van der Waals surface area contributed by atoms with Crippen LogP contribution in [0.3, 0.4) is 0 Å². The largest absolute Gasteiger partial charge is 0.346 e. The second kappa shape index (κ2) is 8.27. The summed E-state index contributed by atoms with van der Waals surface area (Å²) in [5, 5.41) is 5.72. The fourth-order valence-corrected chi connectivity index (χ4v) is 2.63. The van der Waals surface area contributed by atoms with Crippen LogP contribution in [0, 0.1) is 6.92 Å². The first-order chi connectivity index (χ1) is 13.0. The smallest absolute Gasteiger partial charge is 0.274 e. The number of carbonyl (C=O) groups excluding carboxylic acids is 2. The van der Waals surface area contributed by atoms with Gasteiger partial charge in [0.1, 0.15) is 5.69 Å². The predicted octanol–water partition coefficient (Wildman–Crippen LogP) is 4.13. The Morgan fingerprint density at radius 3 is 2.33 bits per heavy atom. The Hall–Kier alpha value is -3.47. The second-order valence-electron chi connectivity index (χ2n) is 6.36. The van der Waals surface area contributed by atoms with Gasteiger partial charge in [0.2, 0.25) is 0 Å². The van der Waals surface area contributed by atoms with Crippen molar-refractivity contribution in [2.45, 2.75) is 19.9 Å². The Labute approximate surface area is 158 Å². The fourth-order valence-electron chi connectivity index (χ4n) is 2.63. The first kappa shape index (κ1) is 18.3. The third-order valence-electron chi connectivity index (χ3n) is 4.21. The van der Waals surface area contributed by atoms with Crippen LogP contribution in [0.25, 0.3) is 0 Å². The molecule has 27 heavy (non-hydrogen) atoms. The summed E-state index contributed by atoms with van der Waals surface area (Å²) in [6, 6.07) is 20.1. The number of amides is 2. The molecule has 5 nitrogen and oxygen atoms in total. The SMILES string of the molecule is Cc1ccc(NC(=O)c2cc(C(=O)NC(C)c3ccccc3)ccn2)cc1. The van der Waals surface area contributed by atoms with Crippen molar-refractivity contribution in [1.82, 2.24) is 10.3 Å². The molecule has 136 valence electrons. The number of carbonyl (C=O) groups is 2. The predicted molar refractivity (Wildman–Crippen MR) is 106 cm³/mol. The van der Waals surface area contributed by atoms with Gasteiger partial charge in [0.25, 0.3) is 11.8 Å². The molecule has 0 saturated carbocycles. The van der Waals surface area contributed by atoms with E-state index in [9.17, 15) is 9.59 Å². The zero-order valence-corrected chi connectivity index (χ0v) is 15.3. The van der Waals surface area contributed by atoms with Crippen LogP contribution in [0.4, 0.5) is 5.69 Å². The average molecular weight is 359 g/mol. The van der Waals surface area contributed by atoms with E-state index < -0.39 is 0 Å². The molecule has 2 amide bonds. The van der Waals surface area contributed by atoms with Gasteiger partial charge in [-0.3, -0.25) is 14.6 Å². The van der Waals surface area contributed by atoms with Crippen molar-refractivity contribution in [3.63, 3.8) is 0 Å². The van der Waals surface area contributed by atoms with E-state index in [0.29, 0.717) is 11.3 Å². The number of hydrogen-bond donors (Lipinski definition) is 2. The highest BCUT2D eigenvalue weighted by atomic mass is 16.2. The van der Waals surface area contributed by atoms with Crippen LogP contribution in [0.15, 0.2) is 72.9 Å². The Morgan fingerprint density at radius 2 is 1.63 bits per heavy atom. The number of nitrogens with one attached hydrogen (secondary N) is 2. The van der Waals surface area contributed by atoms with Gasteiger partial charge in [-0.1, -0.05) is 48.0 Å². The quantitative estimate of drug-likeness (QED) is 0.719. The van der Waals surface area contributed by atoms with E-state index in [-0.39, 0.29) is 23.6 Å². The van der Waals surface area contributed by atoms with Crippen LogP contribution in [0.1, 0.15) is 44.9 Å². The molecule has 3 aromatic rings. The third-order valence-corrected chi connectivity index (χ3v) is 4.21. The zero-order valence-electron chi connectivity index (χ0n) is 15.3. The van der Waals surface area contributed by atoms with Crippen molar-refractivity contribution >= 4 is 17.5 Å². The number of anilines is 1. The van der Waals surface area contributed by atoms with Gasteiger partial charge in [0.15, 0.2) is 0 Å². The van der Waals surface area contributed by atoms with Crippen molar-refractivity contribution < 1.29 is 9.59 Å². The van der Waals surface area contributed by atoms with E-state index in [1.165, 1.54) is 12.3 Å². The van der Waals surface area contributed by atoms with Crippen molar-refractivity contribution in [3.05, 3.63) is 95.3 Å². The Kier molecular flexibility index (Phi) is 5.61. The first-order valence-corrected chi connectivity index (χ1v) is 8.73. The van der Waals surface area contributed by atoms with Gasteiger partial charge >= 0.3 is 0 Å². The van der Waals surface area contributed by atoms with Gasteiger partial charge in [0, 0.05) is 17.4 Å². The topological polar surface area (TPSA) is 71.1 Å². The lowest BCUT2D eigenvalue weighted by molar-refractivity contribution is 0.0939. The number of benzene rings is 2. The van der Waals surface area contributed by atoms with Crippen molar-refractivity contribution in [2.75, 3.05) is 5.32 Å². The summed E-state index contributed by atoms with van der Waals surface area (Å²) in [6.45, 7) is 3.89. The molecule has 0 aliphatic heterocycles. The molecule has 2 N–H and O–H groups in total. The van der Waals surface area contributed by atoms with Crippen LogP contribution in [0.5, 0.6) is 0 Å². The van der Waals surface area contributed by atoms with Gasteiger partial charge in [-0.25, -0.2) is 0 Å². The van der Waals surface area contributed by atoms with Crippen LogP contribution in [-0.2, 0) is 0 Å². The molecule has 0 saturated heterocycles. The number of nitrogens with zero attached hydrogens (tertiary/aromatic N) is 1. The average Bonchev–Trinajstić information content (AvgIpc) is 2.70. The van der Waals surface area contributed by atoms with Gasteiger partial charge < -0.3 is 10.6 Å². The summed E-state index contributed by atoms with van der Waals surface area (Å²) >= 11 is 0. The summed E-state index contributed by atoms with van der Waals surface area (Å²) in [5.41, 5.74) is 3.38. The van der Waals surface area contributed by atoms with Crippen molar-refractivity contribution in [3.8, 4) is 0 Å². The van der Waals surface area contributed by atoms with E-state index in [1.54, 1.807) is 6.07 Å². The molecule has 1 aromatic heterocycles. The molecule has 2 aromatic carbocycles. The number of pyridine rings is 1. The van der Waals surface area contributed by atoms with Crippen molar-refractivity contribution in [1.29, 1.82) is 0 Å². The molecule has 1 unspecified atom stereocenters. The van der Waals surface area contributed by atoms with Crippen LogP contribution in [-0.4, -0.2) is 16.8 Å². The van der Waals surface area contributed by atoms with Gasteiger partial charge in [-0.2, -0.15) is 0 Å². The summed E-state index contributed by atoms with van der Waals surface area (Å²) in [5.74, 6) is -0.609. The summed E-state index contributed by atoms with van der Waals surface area (Å²) in [6.07, 6.45) is 1.46. The lowest BCUT2D eigenvalue weighted by Gasteiger charge is -2.14. The Balaban J connectivity index is 1.69. The highest BCUT2D eigenvalue weighted by molar-refractivity contribution is 6.04. The van der Waals surface area contributed by atoms with E-state index in [4.69, 9.17) is 0 Å². The molecular weight excluding hydrogens is 338 g/mol. The molecule has 0 radical (unpaired) electrons. The first-order valence-electron chi connectivity index (χ1n) is 8.73. The molecule has 0 spiro atoms. The Morgan fingerprint density at radius 1 is 0.926 bits per heavy atom. The molecule has 1 heterocycles. The summed E-state index contributed by atoms with van der Waals surface area (Å²) in [7, 11) is 0. The highest BCUT2D eigenvalue weighted by Crippen LogP contribution is 2.14. The molecular formula is C22H21N3O2. The normalized spacial score (nSPS) is 11.5. The number of rotatable bonds is 5. The van der Waals surface area contributed by atoms with Gasteiger partial charge in [0.05, 0.1) is 6.04 Å². The van der Waals surface area contributed by atoms with E-state index in [1.807, 2.05) is 68.4 Å². The molecule has 3 rings (SSSR count). The van der Waals surface area contributed by atoms with Crippen LogP contribution < -0.4 is 10.6 Å². The minimum atomic E-state index is -0.357. The summed E-state index contributed by atoms with van der Waals surface area (Å²) < 4.78 is 0. The van der Waals surface area contributed by atoms with E-state index >= 15 is 0 Å². The Bertz CT molecular complexity index is 937.